The van der Waals surface area contributed by atoms with Gasteiger partial charge in [0, 0.05) is 5.69 Å². The number of nitrogen functional groups attached to an aromatic ring is 1. The minimum atomic E-state index is -4.59. The van der Waals surface area contributed by atoms with Crippen molar-refractivity contribution in [1.29, 1.82) is 0 Å². The number of aromatic carboxylic acids is 1. The highest BCUT2D eigenvalue weighted by Gasteiger charge is 2.21. The number of hydrogen-bond acceptors (Lipinski definition) is 5. The first-order valence-corrected chi connectivity index (χ1v) is 5.92. The van der Waals surface area contributed by atoms with E-state index in [9.17, 15) is 18.0 Å². The summed E-state index contributed by atoms with van der Waals surface area (Å²) < 4.78 is 30.6. The van der Waals surface area contributed by atoms with Crippen LogP contribution in [-0.4, -0.2) is 35.1 Å². The van der Waals surface area contributed by atoms with E-state index in [0.29, 0.717) is 0 Å². The Balaban J connectivity index is 3.56. The van der Waals surface area contributed by atoms with E-state index >= 15 is 0 Å². The fourth-order valence-corrected chi connectivity index (χ4v) is 1.98. The monoisotopic (exact) mass is 275 g/mol. The Kier molecular flexibility index (Phi) is 3.58. The molecular formula is C9H9NO7S. The molecular weight excluding hydrogens is 266 g/mol. The second-order valence-corrected chi connectivity index (χ2v) is 4.82. The molecule has 0 bridgehead atoms. The predicted molar refractivity (Wildman–Crippen MR) is 59.0 cm³/mol. The van der Waals surface area contributed by atoms with Gasteiger partial charge in [0.1, 0.15) is 0 Å². The van der Waals surface area contributed by atoms with Crippen molar-refractivity contribution in [3.63, 3.8) is 0 Å². The lowest BCUT2D eigenvalue weighted by Crippen LogP contribution is -2.13. The van der Waals surface area contributed by atoms with Crippen molar-refractivity contribution < 1.29 is 32.8 Å². The van der Waals surface area contributed by atoms with Gasteiger partial charge in [0.15, 0.2) is 0 Å². The first-order valence-electron chi connectivity index (χ1n) is 4.48. The highest BCUT2D eigenvalue weighted by Crippen LogP contribution is 2.23. The van der Waals surface area contributed by atoms with E-state index in [1.807, 2.05) is 0 Å². The number of carboxylic acids is 2. The molecule has 0 aliphatic carbocycles. The second kappa shape index (κ2) is 4.63. The van der Waals surface area contributed by atoms with Gasteiger partial charge in [0.05, 0.1) is 16.9 Å². The molecule has 0 spiro atoms. The van der Waals surface area contributed by atoms with Crippen LogP contribution in [0.1, 0.15) is 15.9 Å². The number of carboxylic acid groups (broad SMARTS) is 2. The maximum Gasteiger partial charge on any atom is 0.338 e. The summed E-state index contributed by atoms with van der Waals surface area (Å²) in [5, 5.41) is 17.5. The molecule has 8 nitrogen and oxygen atoms in total. The topological polar surface area (TPSA) is 155 Å². The van der Waals surface area contributed by atoms with Gasteiger partial charge in [-0.2, -0.15) is 8.42 Å². The van der Waals surface area contributed by atoms with Gasteiger partial charge in [0.25, 0.3) is 10.1 Å². The van der Waals surface area contributed by atoms with Crippen molar-refractivity contribution in [3.05, 3.63) is 23.3 Å². The molecule has 0 amide bonds. The van der Waals surface area contributed by atoms with Gasteiger partial charge in [-0.3, -0.25) is 9.35 Å². The van der Waals surface area contributed by atoms with Crippen molar-refractivity contribution in [2.75, 3.05) is 5.73 Å². The quantitative estimate of drug-likeness (QED) is 0.436. The summed E-state index contributed by atoms with van der Waals surface area (Å²) in [7, 11) is -4.59. The van der Waals surface area contributed by atoms with E-state index in [1.165, 1.54) is 0 Å². The van der Waals surface area contributed by atoms with Crippen molar-refractivity contribution in [3.8, 4) is 0 Å². The number of hydrogen-bond donors (Lipinski definition) is 4. The Morgan fingerprint density at radius 3 is 2.17 bits per heavy atom. The van der Waals surface area contributed by atoms with Crippen LogP contribution in [0.15, 0.2) is 17.0 Å². The Bertz CT molecular complexity index is 620. The van der Waals surface area contributed by atoms with E-state index in [4.69, 9.17) is 20.5 Å². The molecule has 0 aromatic heterocycles. The molecule has 0 aliphatic rings. The van der Waals surface area contributed by atoms with Crippen LogP contribution in [-0.2, 0) is 21.3 Å². The molecule has 1 rings (SSSR count). The summed E-state index contributed by atoms with van der Waals surface area (Å²) in [5.41, 5.74) is 4.11. The van der Waals surface area contributed by atoms with Crippen LogP contribution in [0.25, 0.3) is 0 Å². The third-order valence-electron chi connectivity index (χ3n) is 2.08. The number of aliphatic carboxylic acids is 1. The van der Waals surface area contributed by atoms with Gasteiger partial charge in [-0.1, -0.05) is 0 Å². The molecule has 0 unspecified atom stereocenters. The average Bonchev–Trinajstić information content (AvgIpc) is 2.13. The van der Waals surface area contributed by atoms with Gasteiger partial charge >= 0.3 is 11.9 Å². The molecule has 98 valence electrons. The largest absolute Gasteiger partial charge is 0.481 e. The Morgan fingerprint density at radius 2 is 1.78 bits per heavy atom. The number of nitrogens with two attached hydrogens (primary N) is 1. The fraction of sp³-hybridized carbons (Fsp3) is 0.111. The van der Waals surface area contributed by atoms with E-state index in [0.717, 1.165) is 12.1 Å². The van der Waals surface area contributed by atoms with Crippen LogP contribution in [0.2, 0.25) is 0 Å². The highest BCUT2D eigenvalue weighted by atomic mass is 32.2. The van der Waals surface area contributed by atoms with Crippen LogP contribution in [0.3, 0.4) is 0 Å². The summed E-state index contributed by atoms with van der Waals surface area (Å²) in [6.45, 7) is 0. The fourth-order valence-electron chi connectivity index (χ4n) is 1.41. The van der Waals surface area contributed by atoms with Crippen LogP contribution >= 0.6 is 0 Å². The lowest BCUT2D eigenvalue weighted by atomic mass is 10.0. The Labute approximate surface area is 101 Å². The summed E-state index contributed by atoms with van der Waals surface area (Å²) in [5.74, 6) is -2.84. The predicted octanol–water partition coefficient (Wildman–Crippen LogP) is -0.159. The standard InChI is InChI=1S/C9H9NO7S/c10-6-3-5(18(15,16)17)1-4(2-7(11)12)8(6)9(13)14/h1,3H,2,10H2,(H,11,12)(H,13,14)(H,15,16,17). The van der Waals surface area contributed by atoms with Gasteiger partial charge in [-0.25, -0.2) is 4.79 Å². The smallest absolute Gasteiger partial charge is 0.338 e. The average molecular weight is 275 g/mol. The highest BCUT2D eigenvalue weighted by molar-refractivity contribution is 7.85. The normalized spacial score (nSPS) is 11.2. The third-order valence-corrected chi connectivity index (χ3v) is 2.91. The van der Waals surface area contributed by atoms with Crippen LogP contribution in [0, 0.1) is 0 Å². The minimum Gasteiger partial charge on any atom is -0.481 e. The summed E-state index contributed by atoms with van der Waals surface area (Å²) in [4.78, 5) is 20.8. The number of carbonyl (C=O) groups is 2. The third kappa shape index (κ3) is 2.96. The van der Waals surface area contributed by atoms with Gasteiger partial charge in [-0.05, 0) is 17.7 Å². The molecule has 0 saturated heterocycles. The Hall–Kier alpha value is -2.13. The Morgan fingerprint density at radius 1 is 1.22 bits per heavy atom. The van der Waals surface area contributed by atoms with Crippen molar-refractivity contribution in [2.45, 2.75) is 11.3 Å². The number of rotatable bonds is 4. The molecule has 0 saturated carbocycles. The SMILES string of the molecule is Nc1cc(S(=O)(=O)O)cc(CC(=O)O)c1C(=O)O. The summed E-state index contributed by atoms with van der Waals surface area (Å²) >= 11 is 0. The van der Waals surface area contributed by atoms with Crippen molar-refractivity contribution in [2.24, 2.45) is 0 Å². The van der Waals surface area contributed by atoms with Gasteiger partial charge in [0.2, 0.25) is 0 Å². The van der Waals surface area contributed by atoms with Crippen LogP contribution in [0.4, 0.5) is 5.69 Å². The molecule has 0 aliphatic heterocycles. The first-order chi connectivity index (χ1) is 8.12. The van der Waals surface area contributed by atoms with Crippen molar-refractivity contribution in [1.82, 2.24) is 0 Å². The molecule has 1 aromatic rings. The zero-order chi connectivity index (χ0) is 14.1. The van der Waals surface area contributed by atoms with E-state index in [-0.39, 0.29) is 5.56 Å². The zero-order valence-corrected chi connectivity index (χ0v) is 9.64. The molecule has 0 fully saturated rings. The van der Waals surface area contributed by atoms with E-state index in [1.54, 1.807) is 0 Å². The number of anilines is 1. The second-order valence-electron chi connectivity index (χ2n) is 3.40. The van der Waals surface area contributed by atoms with E-state index < -0.39 is 44.6 Å². The zero-order valence-electron chi connectivity index (χ0n) is 8.82. The summed E-state index contributed by atoms with van der Waals surface area (Å²) in [6.07, 6.45) is -0.727. The molecule has 0 atom stereocenters. The first kappa shape index (κ1) is 13.9. The lowest BCUT2D eigenvalue weighted by Gasteiger charge is -2.09. The van der Waals surface area contributed by atoms with Crippen molar-refractivity contribution >= 4 is 27.7 Å². The molecule has 0 heterocycles. The number of benzene rings is 1. The maximum absolute atomic E-state index is 10.9. The van der Waals surface area contributed by atoms with Gasteiger partial charge in [-0.15, -0.1) is 0 Å². The van der Waals surface area contributed by atoms with E-state index in [2.05, 4.69) is 0 Å². The molecule has 0 radical (unpaired) electrons. The molecule has 5 N–H and O–H groups in total. The summed E-state index contributed by atoms with van der Waals surface area (Å²) in [6, 6.07) is 1.52. The molecule has 1 aromatic carbocycles. The molecule has 18 heavy (non-hydrogen) atoms. The minimum absolute atomic E-state index is 0.303. The molecule has 9 heteroatoms. The maximum atomic E-state index is 10.9. The van der Waals surface area contributed by atoms with Crippen LogP contribution < -0.4 is 5.73 Å². The lowest BCUT2D eigenvalue weighted by molar-refractivity contribution is -0.136. The van der Waals surface area contributed by atoms with Gasteiger partial charge < -0.3 is 15.9 Å². The van der Waals surface area contributed by atoms with Crippen LogP contribution in [0.5, 0.6) is 0 Å².